The molecule has 0 aliphatic carbocycles. The van der Waals surface area contributed by atoms with Crippen molar-refractivity contribution in [2.45, 2.75) is 25.8 Å². The SMILES string of the molecule is Cc1cn2c(N3CCCC3CO)ccnc2n1. The molecule has 1 aliphatic heterocycles. The summed E-state index contributed by atoms with van der Waals surface area (Å²) in [7, 11) is 0. The van der Waals surface area contributed by atoms with E-state index in [1.54, 1.807) is 6.20 Å². The number of hydrogen-bond donors (Lipinski definition) is 1. The number of imidazole rings is 1. The van der Waals surface area contributed by atoms with E-state index >= 15 is 0 Å². The van der Waals surface area contributed by atoms with Crippen molar-refractivity contribution in [1.82, 2.24) is 14.4 Å². The molecular formula is C12H16N4O. The molecule has 0 spiro atoms. The average molecular weight is 232 g/mol. The highest BCUT2D eigenvalue weighted by Crippen LogP contribution is 2.25. The number of aliphatic hydroxyl groups excluding tert-OH is 1. The highest BCUT2D eigenvalue weighted by atomic mass is 16.3. The van der Waals surface area contributed by atoms with Gasteiger partial charge in [-0.25, -0.2) is 9.97 Å². The summed E-state index contributed by atoms with van der Waals surface area (Å²) in [6.07, 6.45) is 5.95. The molecule has 17 heavy (non-hydrogen) atoms. The maximum absolute atomic E-state index is 9.39. The van der Waals surface area contributed by atoms with Gasteiger partial charge in [0.2, 0.25) is 5.78 Å². The van der Waals surface area contributed by atoms with Gasteiger partial charge in [-0.2, -0.15) is 0 Å². The lowest BCUT2D eigenvalue weighted by molar-refractivity contribution is 0.266. The maximum Gasteiger partial charge on any atom is 0.235 e. The summed E-state index contributed by atoms with van der Waals surface area (Å²) in [6.45, 7) is 3.16. The predicted octanol–water partition coefficient (Wildman–Crippen LogP) is 0.999. The van der Waals surface area contributed by atoms with Gasteiger partial charge >= 0.3 is 0 Å². The zero-order valence-electron chi connectivity index (χ0n) is 9.87. The summed E-state index contributed by atoms with van der Waals surface area (Å²) >= 11 is 0. The monoisotopic (exact) mass is 232 g/mol. The fourth-order valence-electron chi connectivity index (χ4n) is 2.56. The zero-order valence-corrected chi connectivity index (χ0v) is 9.87. The first-order valence-corrected chi connectivity index (χ1v) is 5.98. The van der Waals surface area contributed by atoms with E-state index in [1.807, 2.05) is 23.6 Å². The molecule has 2 aromatic heterocycles. The van der Waals surface area contributed by atoms with E-state index in [2.05, 4.69) is 14.9 Å². The van der Waals surface area contributed by atoms with E-state index < -0.39 is 0 Å². The largest absolute Gasteiger partial charge is 0.394 e. The van der Waals surface area contributed by atoms with Crippen LogP contribution < -0.4 is 4.90 Å². The molecule has 3 rings (SSSR count). The van der Waals surface area contributed by atoms with Crippen LogP contribution in [0.25, 0.3) is 5.78 Å². The molecule has 0 bridgehead atoms. The summed E-state index contributed by atoms with van der Waals surface area (Å²) in [5.74, 6) is 1.80. The number of fused-ring (bicyclic) bond motifs is 1. The van der Waals surface area contributed by atoms with Gasteiger partial charge in [0.25, 0.3) is 0 Å². The van der Waals surface area contributed by atoms with Crippen molar-refractivity contribution >= 4 is 11.6 Å². The molecule has 1 unspecified atom stereocenters. The van der Waals surface area contributed by atoms with Gasteiger partial charge in [0.05, 0.1) is 18.3 Å². The highest BCUT2D eigenvalue weighted by molar-refractivity contribution is 5.49. The van der Waals surface area contributed by atoms with Gasteiger partial charge in [0.1, 0.15) is 5.82 Å². The first-order valence-electron chi connectivity index (χ1n) is 5.98. The van der Waals surface area contributed by atoms with Gasteiger partial charge in [0.15, 0.2) is 0 Å². The van der Waals surface area contributed by atoms with Gasteiger partial charge in [-0.1, -0.05) is 0 Å². The Morgan fingerprint density at radius 1 is 1.53 bits per heavy atom. The van der Waals surface area contributed by atoms with Gasteiger partial charge in [-0.05, 0) is 25.8 Å². The summed E-state index contributed by atoms with van der Waals surface area (Å²) in [4.78, 5) is 10.9. The number of hydrogen-bond acceptors (Lipinski definition) is 4. The minimum absolute atomic E-state index is 0.206. The van der Waals surface area contributed by atoms with Gasteiger partial charge in [0, 0.05) is 18.9 Å². The normalized spacial score (nSPS) is 20.4. The molecule has 3 heterocycles. The molecule has 1 atom stereocenters. The number of nitrogens with zero attached hydrogens (tertiary/aromatic N) is 4. The van der Waals surface area contributed by atoms with Gasteiger partial charge in [-0.15, -0.1) is 0 Å². The molecule has 1 N–H and O–H groups in total. The molecule has 1 fully saturated rings. The van der Waals surface area contributed by atoms with Crippen LogP contribution in [0.5, 0.6) is 0 Å². The van der Waals surface area contributed by atoms with Crippen LogP contribution in [-0.4, -0.2) is 38.7 Å². The van der Waals surface area contributed by atoms with Crippen molar-refractivity contribution in [2.24, 2.45) is 0 Å². The topological polar surface area (TPSA) is 53.7 Å². The van der Waals surface area contributed by atoms with E-state index in [4.69, 9.17) is 0 Å². The van der Waals surface area contributed by atoms with Crippen LogP contribution in [0.4, 0.5) is 5.82 Å². The lowest BCUT2D eigenvalue weighted by atomic mass is 10.2. The van der Waals surface area contributed by atoms with Crippen molar-refractivity contribution in [3.63, 3.8) is 0 Å². The highest BCUT2D eigenvalue weighted by Gasteiger charge is 2.25. The van der Waals surface area contributed by atoms with Crippen LogP contribution >= 0.6 is 0 Å². The van der Waals surface area contributed by atoms with Crippen molar-refractivity contribution in [3.8, 4) is 0 Å². The molecule has 0 aromatic carbocycles. The van der Waals surface area contributed by atoms with E-state index in [0.717, 1.165) is 36.7 Å². The standard InChI is InChI=1S/C12H16N4O/c1-9-7-16-11(4-5-13-12(16)14-9)15-6-2-3-10(15)8-17/h4-5,7,10,17H,2-3,6,8H2,1H3. The summed E-state index contributed by atoms with van der Waals surface area (Å²) < 4.78 is 2.00. The number of aliphatic hydroxyl groups is 1. The molecule has 0 saturated carbocycles. The number of aryl methyl sites for hydroxylation is 1. The third kappa shape index (κ3) is 1.67. The molecule has 1 aliphatic rings. The summed E-state index contributed by atoms with van der Waals surface area (Å²) in [5, 5.41) is 9.39. The van der Waals surface area contributed by atoms with Crippen molar-refractivity contribution in [2.75, 3.05) is 18.1 Å². The average Bonchev–Trinajstić information content (AvgIpc) is 2.92. The van der Waals surface area contributed by atoms with Crippen LogP contribution in [0.1, 0.15) is 18.5 Å². The van der Waals surface area contributed by atoms with E-state index in [1.165, 1.54) is 0 Å². The fourth-order valence-corrected chi connectivity index (χ4v) is 2.56. The Morgan fingerprint density at radius 2 is 2.41 bits per heavy atom. The molecule has 0 radical (unpaired) electrons. The van der Waals surface area contributed by atoms with E-state index in [0.29, 0.717) is 0 Å². The van der Waals surface area contributed by atoms with Crippen LogP contribution in [0.3, 0.4) is 0 Å². The lowest BCUT2D eigenvalue weighted by Gasteiger charge is -2.25. The molecule has 1 saturated heterocycles. The van der Waals surface area contributed by atoms with Crippen LogP contribution in [-0.2, 0) is 0 Å². The summed E-state index contributed by atoms with van der Waals surface area (Å²) in [6, 6.07) is 2.21. The van der Waals surface area contributed by atoms with E-state index in [9.17, 15) is 5.11 Å². The molecule has 5 nitrogen and oxygen atoms in total. The van der Waals surface area contributed by atoms with Gasteiger partial charge < -0.3 is 10.0 Å². The Bertz CT molecular complexity index is 536. The van der Waals surface area contributed by atoms with Gasteiger partial charge in [-0.3, -0.25) is 4.40 Å². The lowest BCUT2D eigenvalue weighted by Crippen LogP contribution is -2.33. The number of aromatic nitrogens is 3. The second-order valence-electron chi connectivity index (χ2n) is 4.53. The van der Waals surface area contributed by atoms with Crippen LogP contribution in [0.2, 0.25) is 0 Å². The molecule has 90 valence electrons. The Balaban J connectivity index is 2.10. The minimum Gasteiger partial charge on any atom is -0.394 e. The number of anilines is 1. The quantitative estimate of drug-likeness (QED) is 0.839. The Morgan fingerprint density at radius 3 is 3.24 bits per heavy atom. The smallest absolute Gasteiger partial charge is 0.235 e. The first-order chi connectivity index (χ1) is 8.29. The van der Waals surface area contributed by atoms with Crippen LogP contribution in [0, 0.1) is 6.92 Å². The van der Waals surface area contributed by atoms with Crippen molar-refractivity contribution < 1.29 is 5.11 Å². The molecular weight excluding hydrogens is 216 g/mol. The molecule has 2 aromatic rings. The van der Waals surface area contributed by atoms with Crippen LogP contribution in [0.15, 0.2) is 18.5 Å². The second-order valence-corrected chi connectivity index (χ2v) is 4.53. The fraction of sp³-hybridized carbons (Fsp3) is 0.500. The first kappa shape index (κ1) is 10.5. The molecule has 0 amide bonds. The zero-order chi connectivity index (χ0) is 11.8. The maximum atomic E-state index is 9.39. The minimum atomic E-state index is 0.206. The Kier molecular flexibility index (Phi) is 2.48. The third-order valence-corrected chi connectivity index (χ3v) is 3.35. The summed E-state index contributed by atoms with van der Waals surface area (Å²) in [5.41, 5.74) is 0.963. The molecule has 5 heteroatoms. The predicted molar refractivity (Wildman–Crippen MR) is 65.2 cm³/mol. The van der Waals surface area contributed by atoms with Crippen molar-refractivity contribution in [1.29, 1.82) is 0 Å². The third-order valence-electron chi connectivity index (χ3n) is 3.35. The van der Waals surface area contributed by atoms with Crippen molar-refractivity contribution in [3.05, 3.63) is 24.2 Å². The van der Waals surface area contributed by atoms with E-state index in [-0.39, 0.29) is 12.6 Å². The second kappa shape index (κ2) is 4.00. The Labute approximate surface area is 99.7 Å². The number of rotatable bonds is 2. The Hall–Kier alpha value is -1.62.